The molecule has 0 aromatic heterocycles. The largest absolute Gasteiger partial charge is 0.497 e. The molecule has 0 aliphatic carbocycles. The summed E-state index contributed by atoms with van der Waals surface area (Å²) in [7, 11) is -3.44. The maximum Gasteiger partial charge on any atom is 0.190 e. The molecule has 0 atom stereocenters. The first-order valence-corrected chi connectivity index (χ1v) is 7.45. The van der Waals surface area contributed by atoms with Gasteiger partial charge in [-0.1, -0.05) is 0 Å². The van der Waals surface area contributed by atoms with Crippen molar-refractivity contribution in [2.45, 2.75) is 4.90 Å². The van der Waals surface area contributed by atoms with E-state index in [9.17, 15) is 4.39 Å². The lowest BCUT2D eigenvalue weighted by atomic mass is 10.3. The van der Waals surface area contributed by atoms with Crippen LogP contribution >= 0.6 is 0 Å². The van der Waals surface area contributed by atoms with E-state index in [1.807, 2.05) is 12.5 Å². The SMILES string of the molecule is COc1ccc([S+](C)C)c(F)c1.[O-][Cl+3]([O-])([O-])[O-]. The normalized spacial score (nSPS) is 10.9. The Balaban J connectivity index is 0.000000437. The average Bonchev–Trinajstić information content (AvgIpc) is 2.14. The Kier molecular flexibility index (Phi) is 6.76. The van der Waals surface area contributed by atoms with Crippen molar-refractivity contribution >= 4 is 10.9 Å². The first kappa shape index (κ1) is 16.4. The Morgan fingerprint density at radius 1 is 1.18 bits per heavy atom. The second kappa shape index (κ2) is 7.00. The Labute approximate surface area is 104 Å². The van der Waals surface area contributed by atoms with Crippen LogP contribution < -0.4 is 23.4 Å². The molecule has 0 radical (unpaired) electrons. The Bertz CT molecular complexity index is 350. The molecule has 1 rings (SSSR count). The van der Waals surface area contributed by atoms with Gasteiger partial charge in [0.1, 0.15) is 18.3 Å². The lowest BCUT2D eigenvalue weighted by molar-refractivity contribution is -2.00. The molecule has 0 unspecified atom stereocenters. The van der Waals surface area contributed by atoms with Crippen LogP contribution in [0.25, 0.3) is 0 Å². The van der Waals surface area contributed by atoms with Gasteiger partial charge in [0.15, 0.2) is 10.7 Å². The molecule has 0 aliphatic heterocycles. The van der Waals surface area contributed by atoms with E-state index in [-0.39, 0.29) is 16.7 Å². The molecule has 0 saturated heterocycles. The molecule has 1 aromatic rings. The van der Waals surface area contributed by atoms with Gasteiger partial charge in [-0.15, -0.1) is 10.2 Å². The third-order valence-corrected chi connectivity index (χ3v) is 2.79. The molecular weight excluding hydrogens is 275 g/mol. The number of benzene rings is 1. The molecule has 98 valence electrons. The second-order valence-electron chi connectivity index (χ2n) is 2.99. The van der Waals surface area contributed by atoms with Crippen LogP contribution in [0.4, 0.5) is 4.39 Å². The van der Waals surface area contributed by atoms with Crippen LogP contribution in [0.1, 0.15) is 0 Å². The third kappa shape index (κ3) is 8.19. The molecule has 0 amide bonds. The standard InChI is InChI=1S/C9H12FOS.ClHO4/c1-11-7-4-5-9(12(2)3)8(10)6-7;2-1(3,4)5/h4-6H,1-3H3;(H,2,3,4,5)/q+1;/p-1. The smallest absolute Gasteiger partial charge is 0.190 e. The fraction of sp³-hybridized carbons (Fsp3) is 0.333. The Morgan fingerprint density at radius 2 is 1.65 bits per heavy atom. The highest BCUT2D eigenvalue weighted by atomic mass is 35.7. The summed E-state index contributed by atoms with van der Waals surface area (Å²) in [4.78, 5) is 0.760. The van der Waals surface area contributed by atoms with E-state index in [1.54, 1.807) is 12.1 Å². The predicted octanol–water partition coefficient (Wildman–Crippen LogP) is -2.68. The summed E-state index contributed by atoms with van der Waals surface area (Å²) in [6.45, 7) is 0. The van der Waals surface area contributed by atoms with Crippen molar-refractivity contribution in [2.75, 3.05) is 19.6 Å². The van der Waals surface area contributed by atoms with E-state index in [0.717, 1.165) is 4.90 Å². The third-order valence-electron chi connectivity index (χ3n) is 1.58. The zero-order chi connectivity index (χ0) is 13.6. The summed E-state index contributed by atoms with van der Waals surface area (Å²) in [6, 6.07) is 4.98. The van der Waals surface area contributed by atoms with Gasteiger partial charge in [-0.25, -0.2) is 23.0 Å². The summed E-state index contributed by atoms with van der Waals surface area (Å²) in [5.74, 6) is 0.393. The van der Waals surface area contributed by atoms with Crippen LogP contribution in [0.3, 0.4) is 0 Å². The van der Waals surface area contributed by atoms with Crippen LogP contribution in [-0.4, -0.2) is 19.6 Å². The van der Waals surface area contributed by atoms with Gasteiger partial charge in [-0.2, -0.15) is 0 Å². The topological polar surface area (TPSA) is 101 Å². The molecule has 0 fully saturated rings. The van der Waals surface area contributed by atoms with E-state index in [2.05, 4.69) is 0 Å². The molecule has 8 heteroatoms. The zero-order valence-corrected chi connectivity index (χ0v) is 11.0. The number of halogens is 2. The number of ether oxygens (including phenoxy) is 1. The van der Waals surface area contributed by atoms with E-state index >= 15 is 0 Å². The highest BCUT2D eigenvalue weighted by Crippen LogP contribution is 2.19. The van der Waals surface area contributed by atoms with Crippen LogP contribution in [0.2, 0.25) is 0 Å². The number of rotatable bonds is 2. The fourth-order valence-corrected chi connectivity index (χ4v) is 1.73. The predicted molar refractivity (Wildman–Crippen MR) is 50.4 cm³/mol. The number of hydrogen-bond acceptors (Lipinski definition) is 5. The highest BCUT2D eigenvalue weighted by Gasteiger charge is 2.14. The number of hydrogen-bond donors (Lipinski definition) is 0. The molecular formula is C9H12ClFO5S. The van der Waals surface area contributed by atoms with Crippen molar-refractivity contribution in [3.8, 4) is 5.75 Å². The highest BCUT2D eigenvalue weighted by molar-refractivity contribution is 7.95. The molecule has 0 bridgehead atoms. The average molecular weight is 287 g/mol. The lowest BCUT2D eigenvalue weighted by Gasteiger charge is -2.17. The zero-order valence-electron chi connectivity index (χ0n) is 9.44. The molecule has 1 aromatic carbocycles. The maximum atomic E-state index is 13.2. The molecule has 0 heterocycles. The summed E-state index contributed by atoms with van der Waals surface area (Å²) in [5.41, 5.74) is 0. The van der Waals surface area contributed by atoms with E-state index in [1.165, 1.54) is 13.2 Å². The van der Waals surface area contributed by atoms with Crippen LogP contribution in [0.15, 0.2) is 23.1 Å². The molecule has 17 heavy (non-hydrogen) atoms. The van der Waals surface area contributed by atoms with Crippen LogP contribution in [0, 0.1) is 16.1 Å². The van der Waals surface area contributed by atoms with Crippen molar-refractivity contribution in [1.82, 2.24) is 0 Å². The van der Waals surface area contributed by atoms with Gasteiger partial charge in [0, 0.05) is 17.0 Å². The minimum Gasteiger partial charge on any atom is -0.497 e. The van der Waals surface area contributed by atoms with E-state index in [4.69, 9.17) is 23.4 Å². The summed E-state index contributed by atoms with van der Waals surface area (Å²) in [5, 5.41) is 0. The first-order valence-electron chi connectivity index (χ1n) is 4.18. The van der Waals surface area contributed by atoms with E-state index < -0.39 is 10.2 Å². The van der Waals surface area contributed by atoms with Gasteiger partial charge in [0.2, 0.25) is 0 Å². The second-order valence-corrected chi connectivity index (χ2v) is 5.82. The minimum absolute atomic E-state index is 0.0313. The van der Waals surface area contributed by atoms with Crippen molar-refractivity contribution in [1.29, 1.82) is 0 Å². The van der Waals surface area contributed by atoms with Gasteiger partial charge >= 0.3 is 0 Å². The summed E-state index contributed by atoms with van der Waals surface area (Å²) >= 11 is 0. The van der Waals surface area contributed by atoms with Crippen molar-refractivity contribution in [3.63, 3.8) is 0 Å². The van der Waals surface area contributed by atoms with E-state index in [0.29, 0.717) is 5.75 Å². The van der Waals surface area contributed by atoms with Gasteiger partial charge < -0.3 is 4.74 Å². The molecule has 0 saturated carbocycles. The monoisotopic (exact) mass is 286 g/mol. The minimum atomic E-state index is -4.94. The first-order chi connectivity index (χ1) is 7.65. The van der Waals surface area contributed by atoms with Gasteiger partial charge in [-0.05, 0) is 12.1 Å². The van der Waals surface area contributed by atoms with Gasteiger partial charge in [0.25, 0.3) is 0 Å². The summed E-state index contributed by atoms with van der Waals surface area (Å²) in [6.07, 6.45) is 3.98. The quantitative estimate of drug-likeness (QED) is 0.551. The van der Waals surface area contributed by atoms with Crippen molar-refractivity contribution in [3.05, 3.63) is 24.0 Å². The van der Waals surface area contributed by atoms with Crippen molar-refractivity contribution in [2.24, 2.45) is 0 Å². The van der Waals surface area contributed by atoms with Crippen LogP contribution in [0.5, 0.6) is 5.75 Å². The molecule has 0 spiro atoms. The Morgan fingerprint density at radius 3 is 1.94 bits per heavy atom. The fourth-order valence-electron chi connectivity index (χ4n) is 0.940. The molecule has 5 nitrogen and oxygen atoms in total. The van der Waals surface area contributed by atoms with Gasteiger partial charge in [0.05, 0.1) is 7.11 Å². The molecule has 0 aliphatic rings. The van der Waals surface area contributed by atoms with Gasteiger partial charge in [-0.3, -0.25) is 0 Å². The Hall–Kier alpha value is -0.570. The number of methoxy groups -OCH3 is 1. The van der Waals surface area contributed by atoms with Crippen LogP contribution in [-0.2, 0) is 10.9 Å². The molecule has 0 N–H and O–H groups in total. The maximum absolute atomic E-state index is 13.2. The summed E-state index contributed by atoms with van der Waals surface area (Å²) < 4.78 is 52.1. The van der Waals surface area contributed by atoms with Crippen molar-refractivity contribution < 1.29 is 38.0 Å². The lowest BCUT2D eigenvalue weighted by Crippen LogP contribution is -2.68.